The van der Waals surface area contributed by atoms with E-state index in [1.807, 2.05) is 38.1 Å². The number of nitrogens with two attached hydrogens (primary N) is 1. The molecule has 0 amide bonds. The number of anilines is 1. The van der Waals surface area contributed by atoms with Gasteiger partial charge in [-0.1, -0.05) is 23.7 Å². The van der Waals surface area contributed by atoms with Gasteiger partial charge in [-0.05, 0) is 49.2 Å². The number of para-hydroxylation sites is 2. The maximum absolute atomic E-state index is 6.19. The largest absolute Gasteiger partial charge is 0.493 e. The fourth-order valence-electron chi connectivity index (χ4n) is 2.41. The molecule has 0 fully saturated rings. The maximum atomic E-state index is 6.19. The molecule has 0 aliphatic heterocycles. The summed E-state index contributed by atoms with van der Waals surface area (Å²) in [5.74, 6) is 2.02. The van der Waals surface area contributed by atoms with Gasteiger partial charge < -0.3 is 19.9 Å². The summed E-state index contributed by atoms with van der Waals surface area (Å²) in [6.07, 6.45) is 1.33. The summed E-state index contributed by atoms with van der Waals surface area (Å²) in [6.45, 7) is 3.81. The number of methoxy groups -OCH3 is 1. The monoisotopic (exact) mass is 371 g/mol. The highest BCUT2D eigenvalue weighted by atomic mass is 35.5. The second-order valence-electron chi connectivity index (χ2n) is 5.62. The Balaban J connectivity index is 1.90. The molecule has 0 aliphatic rings. The Morgan fingerprint density at radius 1 is 0.923 bits per heavy atom. The molecule has 0 aliphatic carbocycles. The lowest BCUT2D eigenvalue weighted by molar-refractivity contribution is 0.373. The lowest BCUT2D eigenvalue weighted by atomic mass is 10.1. The lowest BCUT2D eigenvalue weighted by Gasteiger charge is -2.13. The van der Waals surface area contributed by atoms with Crippen LogP contribution in [0.4, 0.5) is 5.69 Å². The number of hydrogen-bond donors (Lipinski definition) is 1. The van der Waals surface area contributed by atoms with E-state index in [1.54, 1.807) is 19.2 Å². The number of benzene rings is 2. The number of aromatic nitrogens is 2. The minimum Gasteiger partial charge on any atom is -0.493 e. The number of hydrogen-bond acceptors (Lipinski definition) is 6. The standard InChI is InChI=1S/C19H18ClN3O3/c1-11-8-13(9-12(2)16(11)20)25-18-17(21)19(23-10-22-18)26-15-7-5-4-6-14(15)24-3/h4-10H,21H2,1-3H3. The molecule has 0 bridgehead atoms. The van der Waals surface area contributed by atoms with Crippen LogP contribution in [0.25, 0.3) is 0 Å². The molecule has 0 saturated heterocycles. The van der Waals surface area contributed by atoms with Crippen molar-refractivity contribution in [2.24, 2.45) is 0 Å². The van der Waals surface area contributed by atoms with Crippen molar-refractivity contribution in [2.75, 3.05) is 12.8 Å². The Labute approximate surface area is 156 Å². The SMILES string of the molecule is COc1ccccc1Oc1ncnc(Oc2cc(C)c(Cl)c(C)c2)c1N. The van der Waals surface area contributed by atoms with Crippen LogP contribution in [0.2, 0.25) is 5.02 Å². The molecule has 7 heteroatoms. The molecule has 0 radical (unpaired) electrons. The summed E-state index contributed by atoms with van der Waals surface area (Å²) in [5.41, 5.74) is 8.12. The Morgan fingerprint density at radius 2 is 1.50 bits per heavy atom. The predicted octanol–water partition coefficient (Wildman–Crippen LogP) is 4.92. The van der Waals surface area contributed by atoms with Gasteiger partial charge in [0.05, 0.1) is 7.11 Å². The number of halogens is 1. The van der Waals surface area contributed by atoms with Gasteiger partial charge in [-0.15, -0.1) is 0 Å². The molecule has 26 heavy (non-hydrogen) atoms. The molecule has 1 aromatic heterocycles. The normalized spacial score (nSPS) is 10.5. The summed E-state index contributed by atoms with van der Waals surface area (Å²) in [6, 6.07) is 10.8. The van der Waals surface area contributed by atoms with E-state index >= 15 is 0 Å². The number of aryl methyl sites for hydroxylation is 2. The first kappa shape index (κ1) is 17.8. The van der Waals surface area contributed by atoms with E-state index in [1.165, 1.54) is 6.33 Å². The number of rotatable bonds is 5. The van der Waals surface area contributed by atoms with Crippen molar-refractivity contribution in [2.45, 2.75) is 13.8 Å². The molecule has 3 rings (SSSR count). The van der Waals surface area contributed by atoms with E-state index < -0.39 is 0 Å². The highest BCUT2D eigenvalue weighted by Crippen LogP contribution is 2.37. The number of ether oxygens (including phenoxy) is 3. The third-order valence-corrected chi connectivity index (χ3v) is 4.31. The van der Waals surface area contributed by atoms with Gasteiger partial charge in [0.1, 0.15) is 12.1 Å². The van der Waals surface area contributed by atoms with Crippen LogP contribution in [0.5, 0.6) is 29.0 Å². The van der Waals surface area contributed by atoms with Crippen LogP contribution in [-0.2, 0) is 0 Å². The van der Waals surface area contributed by atoms with Crippen molar-refractivity contribution in [3.8, 4) is 29.0 Å². The van der Waals surface area contributed by atoms with Crippen molar-refractivity contribution >= 4 is 17.3 Å². The minimum absolute atomic E-state index is 0.182. The number of nitrogens with zero attached hydrogens (tertiary/aromatic N) is 2. The summed E-state index contributed by atoms with van der Waals surface area (Å²) in [5, 5.41) is 0.702. The van der Waals surface area contributed by atoms with E-state index in [9.17, 15) is 0 Å². The predicted molar refractivity (Wildman–Crippen MR) is 101 cm³/mol. The zero-order chi connectivity index (χ0) is 18.7. The average Bonchev–Trinajstić information content (AvgIpc) is 2.63. The van der Waals surface area contributed by atoms with E-state index in [0.29, 0.717) is 22.3 Å². The minimum atomic E-state index is 0.182. The molecule has 0 unspecified atom stereocenters. The van der Waals surface area contributed by atoms with Gasteiger partial charge >= 0.3 is 0 Å². The van der Waals surface area contributed by atoms with Crippen LogP contribution < -0.4 is 19.9 Å². The van der Waals surface area contributed by atoms with Gasteiger partial charge in [0, 0.05) is 5.02 Å². The second kappa shape index (κ2) is 7.49. The van der Waals surface area contributed by atoms with Crippen LogP contribution in [-0.4, -0.2) is 17.1 Å². The van der Waals surface area contributed by atoms with Crippen LogP contribution in [0.15, 0.2) is 42.7 Å². The van der Waals surface area contributed by atoms with Crippen molar-refractivity contribution in [3.05, 3.63) is 58.9 Å². The summed E-state index contributed by atoms with van der Waals surface area (Å²) in [4.78, 5) is 8.18. The van der Waals surface area contributed by atoms with E-state index in [-0.39, 0.29) is 17.4 Å². The van der Waals surface area contributed by atoms with Crippen molar-refractivity contribution in [1.82, 2.24) is 9.97 Å². The molecule has 1 heterocycles. The highest BCUT2D eigenvalue weighted by Gasteiger charge is 2.15. The van der Waals surface area contributed by atoms with Gasteiger partial charge in [0.2, 0.25) is 11.8 Å². The van der Waals surface area contributed by atoms with Gasteiger partial charge in [-0.2, -0.15) is 9.97 Å². The molecule has 6 nitrogen and oxygen atoms in total. The molecule has 0 spiro atoms. The molecule has 2 N–H and O–H groups in total. The van der Waals surface area contributed by atoms with Crippen molar-refractivity contribution in [1.29, 1.82) is 0 Å². The summed E-state index contributed by atoms with van der Waals surface area (Å²) in [7, 11) is 1.56. The number of nitrogen functional groups attached to an aromatic ring is 1. The smallest absolute Gasteiger partial charge is 0.250 e. The fourth-order valence-corrected chi connectivity index (χ4v) is 2.52. The maximum Gasteiger partial charge on any atom is 0.250 e. The van der Waals surface area contributed by atoms with Gasteiger partial charge in [0.15, 0.2) is 17.2 Å². The van der Waals surface area contributed by atoms with Gasteiger partial charge in [-0.3, -0.25) is 0 Å². The van der Waals surface area contributed by atoms with Crippen LogP contribution in [0.1, 0.15) is 11.1 Å². The molecule has 0 atom stereocenters. The lowest BCUT2D eigenvalue weighted by Crippen LogP contribution is -2.01. The quantitative estimate of drug-likeness (QED) is 0.685. The van der Waals surface area contributed by atoms with Crippen LogP contribution >= 0.6 is 11.6 Å². The first-order valence-corrected chi connectivity index (χ1v) is 8.23. The third kappa shape index (κ3) is 3.65. The molecule has 134 valence electrons. The molecular weight excluding hydrogens is 354 g/mol. The molecule has 2 aromatic carbocycles. The van der Waals surface area contributed by atoms with E-state index in [0.717, 1.165) is 11.1 Å². The Bertz CT molecular complexity index is 924. The fraction of sp³-hybridized carbons (Fsp3) is 0.158. The topological polar surface area (TPSA) is 79.5 Å². The van der Waals surface area contributed by atoms with Gasteiger partial charge in [-0.25, -0.2) is 0 Å². The second-order valence-corrected chi connectivity index (χ2v) is 6.00. The molecule has 3 aromatic rings. The highest BCUT2D eigenvalue weighted by molar-refractivity contribution is 6.32. The Kier molecular flexibility index (Phi) is 5.14. The third-order valence-electron chi connectivity index (χ3n) is 3.71. The van der Waals surface area contributed by atoms with Crippen LogP contribution in [0, 0.1) is 13.8 Å². The zero-order valence-corrected chi connectivity index (χ0v) is 15.4. The van der Waals surface area contributed by atoms with Gasteiger partial charge in [0.25, 0.3) is 0 Å². The van der Waals surface area contributed by atoms with Crippen molar-refractivity contribution < 1.29 is 14.2 Å². The first-order chi connectivity index (χ1) is 12.5. The Morgan fingerprint density at radius 3 is 2.12 bits per heavy atom. The molecule has 0 saturated carbocycles. The summed E-state index contributed by atoms with van der Waals surface area (Å²) < 4.78 is 16.9. The first-order valence-electron chi connectivity index (χ1n) is 7.85. The zero-order valence-electron chi connectivity index (χ0n) is 14.6. The Hall–Kier alpha value is -2.99. The molecular formula is C19H18ClN3O3. The van der Waals surface area contributed by atoms with Crippen molar-refractivity contribution in [3.63, 3.8) is 0 Å². The van der Waals surface area contributed by atoms with E-state index in [4.69, 9.17) is 31.5 Å². The average molecular weight is 372 g/mol. The van der Waals surface area contributed by atoms with Crippen LogP contribution in [0.3, 0.4) is 0 Å². The summed E-state index contributed by atoms with van der Waals surface area (Å²) >= 11 is 6.19. The van der Waals surface area contributed by atoms with E-state index in [2.05, 4.69) is 9.97 Å².